The summed E-state index contributed by atoms with van der Waals surface area (Å²) in [5, 5.41) is 0. The van der Waals surface area contributed by atoms with Crippen LogP contribution in [-0.4, -0.2) is 12.6 Å². The molecule has 0 bridgehead atoms. The highest BCUT2D eigenvalue weighted by molar-refractivity contribution is 5.76. The lowest BCUT2D eigenvalue weighted by molar-refractivity contribution is -0.157. The first-order valence-corrected chi connectivity index (χ1v) is 14.9. The molecule has 0 aromatic heterocycles. The third-order valence-electron chi connectivity index (χ3n) is 9.20. The maximum atomic E-state index is 12.7. The molecule has 2 fully saturated rings. The molecule has 0 heterocycles. The molecule has 2 aromatic carbocycles. The van der Waals surface area contributed by atoms with Gasteiger partial charge < -0.3 is 4.74 Å². The van der Waals surface area contributed by atoms with Gasteiger partial charge in [0.1, 0.15) is 0 Å². The zero-order chi connectivity index (χ0) is 25.4. The summed E-state index contributed by atoms with van der Waals surface area (Å²) in [6.45, 7) is 7.17. The Morgan fingerprint density at radius 1 is 0.750 bits per heavy atom. The largest absolute Gasteiger partial charge is 0.465 e. The predicted molar refractivity (Wildman–Crippen MR) is 151 cm³/mol. The standard InChI is InChI=1S/C34H48O2/c1-4-6-7-25-36-33(35)34(3)23-21-32(22-24-34)31-19-17-30(18-20-31)29-15-13-28(14-16-29)27-11-9-26(8-5-2)10-12-27/h13-20,26-27,32H,4-12,21-25H2,1-3H3. The van der Waals surface area contributed by atoms with Crippen LogP contribution in [0.15, 0.2) is 48.5 Å². The quantitative estimate of drug-likeness (QED) is 0.246. The number of hydrogen-bond acceptors (Lipinski definition) is 2. The smallest absolute Gasteiger partial charge is 0.311 e. The summed E-state index contributed by atoms with van der Waals surface area (Å²) in [7, 11) is 0. The number of unbranched alkanes of at least 4 members (excludes halogenated alkanes) is 2. The lowest BCUT2D eigenvalue weighted by Crippen LogP contribution is -2.34. The number of rotatable bonds is 10. The van der Waals surface area contributed by atoms with Crippen LogP contribution in [0.25, 0.3) is 11.1 Å². The van der Waals surface area contributed by atoms with Gasteiger partial charge in [-0.25, -0.2) is 0 Å². The Bertz CT molecular complexity index is 926. The zero-order valence-corrected chi connectivity index (χ0v) is 23.1. The number of benzene rings is 2. The van der Waals surface area contributed by atoms with E-state index in [0.29, 0.717) is 12.5 Å². The second-order valence-electron chi connectivity index (χ2n) is 11.9. The fourth-order valence-corrected chi connectivity index (χ4v) is 6.57. The van der Waals surface area contributed by atoms with E-state index in [1.54, 1.807) is 0 Å². The summed E-state index contributed by atoms with van der Waals surface area (Å²) < 4.78 is 5.61. The zero-order valence-electron chi connectivity index (χ0n) is 23.1. The SMILES string of the molecule is CCCCCOC(=O)C1(C)CCC(c2ccc(-c3ccc(C4CCC(CCC)CC4)cc3)cc2)CC1. The lowest BCUT2D eigenvalue weighted by atomic mass is 9.70. The van der Waals surface area contributed by atoms with E-state index >= 15 is 0 Å². The summed E-state index contributed by atoms with van der Waals surface area (Å²) in [5.74, 6) is 2.28. The van der Waals surface area contributed by atoms with Gasteiger partial charge in [-0.2, -0.15) is 0 Å². The van der Waals surface area contributed by atoms with Gasteiger partial charge in [0.05, 0.1) is 12.0 Å². The highest BCUT2D eigenvalue weighted by Gasteiger charge is 2.39. The van der Waals surface area contributed by atoms with Crippen molar-refractivity contribution in [3.05, 3.63) is 59.7 Å². The van der Waals surface area contributed by atoms with Crippen molar-refractivity contribution in [1.82, 2.24) is 0 Å². The molecule has 2 nitrogen and oxygen atoms in total. The molecule has 0 unspecified atom stereocenters. The summed E-state index contributed by atoms with van der Waals surface area (Å²) in [6.07, 6.45) is 15.5. The second kappa shape index (κ2) is 12.9. The number of carbonyl (C=O) groups excluding carboxylic acids is 1. The molecule has 36 heavy (non-hydrogen) atoms. The molecule has 0 spiro atoms. The van der Waals surface area contributed by atoms with Crippen molar-refractivity contribution in [2.75, 3.05) is 6.61 Å². The molecule has 0 aliphatic heterocycles. The number of ether oxygens (including phenoxy) is 1. The third kappa shape index (κ3) is 6.81. The predicted octanol–water partition coefficient (Wildman–Crippen LogP) is 9.82. The van der Waals surface area contributed by atoms with E-state index in [1.807, 2.05) is 0 Å². The normalized spacial score (nSPS) is 26.5. The molecule has 4 rings (SSSR count). The molecule has 0 radical (unpaired) electrons. The van der Waals surface area contributed by atoms with Crippen LogP contribution >= 0.6 is 0 Å². The molecule has 2 aliphatic carbocycles. The van der Waals surface area contributed by atoms with Crippen molar-refractivity contribution in [3.8, 4) is 11.1 Å². The van der Waals surface area contributed by atoms with Gasteiger partial charge in [0.15, 0.2) is 0 Å². The van der Waals surface area contributed by atoms with Crippen LogP contribution in [0.1, 0.15) is 127 Å². The molecule has 196 valence electrons. The van der Waals surface area contributed by atoms with Gasteiger partial charge in [0.2, 0.25) is 0 Å². The van der Waals surface area contributed by atoms with E-state index in [4.69, 9.17) is 4.74 Å². The van der Waals surface area contributed by atoms with Crippen LogP contribution in [0, 0.1) is 11.3 Å². The van der Waals surface area contributed by atoms with Crippen molar-refractivity contribution in [2.24, 2.45) is 11.3 Å². The van der Waals surface area contributed by atoms with Crippen LogP contribution in [0.3, 0.4) is 0 Å². The van der Waals surface area contributed by atoms with Gasteiger partial charge in [-0.15, -0.1) is 0 Å². The maximum Gasteiger partial charge on any atom is 0.311 e. The summed E-state index contributed by atoms with van der Waals surface area (Å²) >= 11 is 0. The van der Waals surface area contributed by atoms with Gasteiger partial charge in [-0.05, 0) is 105 Å². The average Bonchev–Trinajstić information content (AvgIpc) is 2.92. The van der Waals surface area contributed by atoms with E-state index in [1.165, 1.54) is 60.8 Å². The highest BCUT2D eigenvalue weighted by Crippen LogP contribution is 2.44. The summed E-state index contributed by atoms with van der Waals surface area (Å²) in [6, 6.07) is 18.6. The Hall–Kier alpha value is -2.09. The summed E-state index contributed by atoms with van der Waals surface area (Å²) in [4.78, 5) is 12.7. The molecule has 2 saturated carbocycles. The fourth-order valence-electron chi connectivity index (χ4n) is 6.57. The Balaban J connectivity index is 1.28. The van der Waals surface area contributed by atoms with Crippen LogP contribution < -0.4 is 0 Å². The topological polar surface area (TPSA) is 26.3 Å². The van der Waals surface area contributed by atoms with Crippen LogP contribution in [0.4, 0.5) is 0 Å². The first-order valence-electron chi connectivity index (χ1n) is 14.9. The van der Waals surface area contributed by atoms with Crippen molar-refractivity contribution in [2.45, 2.75) is 116 Å². The van der Waals surface area contributed by atoms with Gasteiger partial charge >= 0.3 is 5.97 Å². The lowest BCUT2D eigenvalue weighted by Gasteiger charge is -2.35. The average molecular weight is 489 g/mol. The second-order valence-corrected chi connectivity index (χ2v) is 11.9. The molecular formula is C34H48O2. The Kier molecular flexibility index (Phi) is 9.68. The molecule has 0 atom stereocenters. The van der Waals surface area contributed by atoms with E-state index in [9.17, 15) is 4.79 Å². The molecule has 2 aromatic rings. The molecule has 2 aliphatic rings. The van der Waals surface area contributed by atoms with Crippen molar-refractivity contribution in [3.63, 3.8) is 0 Å². The minimum atomic E-state index is -0.306. The monoisotopic (exact) mass is 488 g/mol. The Morgan fingerprint density at radius 3 is 1.78 bits per heavy atom. The first kappa shape index (κ1) is 27.0. The minimum absolute atomic E-state index is 0.0184. The van der Waals surface area contributed by atoms with E-state index in [-0.39, 0.29) is 11.4 Å². The molecule has 0 N–H and O–H groups in total. The number of hydrogen-bond donors (Lipinski definition) is 0. The molecular weight excluding hydrogens is 440 g/mol. The Labute approximate surface area is 220 Å². The van der Waals surface area contributed by atoms with Crippen LogP contribution in [0.2, 0.25) is 0 Å². The van der Waals surface area contributed by atoms with E-state index in [2.05, 4.69) is 69.3 Å². The molecule has 0 saturated heterocycles. The van der Waals surface area contributed by atoms with Gasteiger partial charge in [-0.3, -0.25) is 4.79 Å². The first-order chi connectivity index (χ1) is 17.5. The number of esters is 1. The van der Waals surface area contributed by atoms with E-state index in [0.717, 1.165) is 56.8 Å². The molecule has 0 amide bonds. The van der Waals surface area contributed by atoms with Crippen molar-refractivity contribution < 1.29 is 9.53 Å². The van der Waals surface area contributed by atoms with Gasteiger partial charge in [-0.1, -0.05) is 88.1 Å². The van der Waals surface area contributed by atoms with Crippen LogP contribution in [-0.2, 0) is 9.53 Å². The van der Waals surface area contributed by atoms with Crippen molar-refractivity contribution >= 4 is 5.97 Å². The third-order valence-corrected chi connectivity index (χ3v) is 9.20. The maximum absolute atomic E-state index is 12.7. The van der Waals surface area contributed by atoms with Crippen LogP contribution in [0.5, 0.6) is 0 Å². The minimum Gasteiger partial charge on any atom is -0.465 e. The summed E-state index contributed by atoms with van der Waals surface area (Å²) in [5.41, 5.74) is 5.25. The number of carbonyl (C=O) groups is 1. The highest BCUT2D eigenvalue weighted by atomic mass is 16.5. The van der Waals surface area contributed by atoms with E-state index < -0.39 is 0 Å². The van der Waals surface area contributed by atoms with Gasteiger partial charge in [0, 0.05) is 0 Å². The fraction of sp³-hybridized carbons (Fsp3) is 0.618. The Morgan fingerprint density at radius 2 is 1.28 bits per heavy atom. The molecule has 2 heteroatoms. The van der Waals surface area contributed by atoms with Crippen molar-refractivity contribution in [1.29, 1.82) is 0 Å². The van der Waals surface area contributed by atoms with Gasteiger partial charge in [0.25, 0.3) is 0 Å².